The lowest BCUT2D eigenvalue weighted by molar-refractivity contribution is -0.253. The number of aliphatic hydroxyl groups excluding tert-OH is 1. The fourth-order valence-electron chi connectivity index (χ4n) is 7.05. The van der Waals surface area contributed by atoms with Crippen molar-refractivity contribution in [3.63, 3.8) is 0 Å². The summed E-state index contributed by atoms with van der Waals surface area (Å²) in [6.07, 6.45) is 3.54. The minimum absolute atomic E-state index is 0.00165. The number of nitrogens with one attached hydrogen (secondary N) is 1. The highest BCUT2D eigenvalue weighted by Crippen LogP contribution is 2.53. The third-order valence-electron chi connectivity index (χ3n) is 8.25. The Morgan fingerprint density at radius 2 is 1.82 bits per heavy atom. The zero-order valence-electron chi connectivity index (χ0n) is 22.6. The second-order valence-corrected chi connectivity index (χ2v) is 14.9. The van der Waals surface area contributed by atoms with Crippen LogP contribution in [0.2, 0.25) is 0 Å². The second-order valence-electron chi connectivity index (χ2n) is 12.6. The van der Waals surface area contributed by atoms with Gasteiger partial charge in [-0.3, -0.25) is 9.69 Å². The van der Waals surface area contributed by atoms with E-state index in [1.165, 1.54) is 19.3 Å². The molecule has 3 fully saturated rings. The van der Waals surface area contributed by atoms with E-state index in [-0.39, 0.29) is 18.8 Å². The largest absolute Gasteiger partial charge is 0.392 e. The molecule has 0 radical (unpaired) electrons. The molecule has 2 unspecified atom stereocenters. The Morgan fingerprint density at radius 3 is 2.51 bits per heavy atom. The lowest BCUT2D eigenvalue weighted by atomic mass is 9.65. The lowest BCUT2D eigenvalue weighted by Gasteiger charge is -2.41. The normalized spacial score (nSPS) is 30.7. The van der Waals surface area contributed by atoms with Gasteiger partial charge >= 0.3 is 0 Å². The first kappa shape index (κ1) is 29.1. The molecular weight excluding hydrogens is 559 g/mol. The zero-order valence-corrected chi connectivity index (χ0v) is 24.9. The molecule has 212 valence electrons. The summed E-state index contributed by atoms with van der Waals surface area (Å²) in [5.74, 6) is -0.730. The molecule has 6 nitrogen and oxygen atoms in total. The fraction of sp³-hybridized carbons (Fsp3) is 0.567. The standard InChI is InChI=1S/C30H37Cl3N2O4/c1-28(2)13-23-14-29(3,17-28)18-35(23)15-24-12-25(20-9-7-19(16-36)8-10-20)39-26(38-24)21-5-4-6-22(11-21)34-27(37)30(31,32)33/h4-11,23-26,36H,12-18H2,1-3H3,(H,34,37)/t23?,24-,25+,26+,29?/m1/s1. The Hall–Kier alpha value is -1.38. The lowest BCUT2D eigenvalue weighted by Crippen LogP contribution is -2.42. The van der Waals surface area contributed by atoms with Gasteiger partial charge in [-0.15, -0.1) is 0 Å². The molecule has 2 N–H and O–H groups in total. The summed E-state index contributed by atoms with van der Waals surface area (Å²) in [5.41, 5.74) is 3.85. The number of fused-ring (bicyclic) bond motifs is 2. The topological polar surface area (TPSA) is 71.0 Å². The van der Waals surface area contributed by atoms with E-state index in [0.29, 0.717) is 22.6 Å². The Bertz CT molecular complexity index is 1190. The van der Waals surface area contributed by atoms with Gasteiger partial charge in [-0.05, 0) is 53.4 Å². The van der Waals surface area contributed by atoms with E-state index in [2.05, 4.69) is 31.0 Å². The molecule has 2 aliphatic heterocycles. The summed E-state index contributed by atoms with van der Waals surface area (Å²) in [7, 11) is 0. The monoisotopic (exact) mass is 594 g/mol. The van der Waals surface area contributed by atoms with Crippen molar-refractivity contribution in [3.8, 4) is 0 Å². The van der Waals surface area contributed by atoms with E-state index in [1.54, 1.807) is 12.1 Å². The number of aliphatic hydroxyl groups is 1. The van der Waals surface area contributed by atoms with E-state index in [4.69, 9.17) is 44.3 Å². The molecule has 2 heterocycles. The molecule has 5 atom stereocenters. The van der Waals surface area contributed by atoms with Gasteiger partial charge in [0.2, 0.25) is 0 Å². The SMILES string of the molecule is CC1(C)CC2CC(C)(CN2C[C@H]2C[C@@H](c3ccc(CO)cc3)O[C@@H](c3cccc(NC(=O)C(Cl)(Cl)Cl)c3)O2)C1. The summed E-state index contributed by atoms with van der Waals surface area (Å²) < 4.78 is 11.0. The number of amides is 1. The molecule has 39 heavy (non-hydrogen) atoms. The third-order valence-corrected chi connectivity index (χ3v) is 8.77. The van der Waals surface area contributed by atoms with Gasteiger partial charge < -0.3 is 19.9 Å². The van der Waals surface area contributed by atoms with Gasteiger partial charge in [-0.1, -0.05) is 92.0 Å². The summed E-state index contributed by atoms with van der Waals surface area (Å²) >= 11 is 17.2. The first-order chi connectivity index (χ1) is 18.3. The first-order valence-corrected chi connectivity index (χ1v) is 14.7. The zero-order chi connectivity index (χ0) is 28.0. The van der Waals surface area contributed by atoms with Crippen molar-refractivity contribution in [2.24, 2.45) is 10.8 Å². The third kappa shape index (κ3) is 6.92. The minimum atomic E-state index is -2.07. The Balaban J connectivity index is 1.38. The van der Waals surface area contributed by atoms with Gasteiger partial charge in [0.25, 0.3) is 9.70 Å². The molecule has 2 aromatic rings. The Labute approximate surface area is 245 Å². The molecule has 1 amide bonds. The second kappa shape index (κ2) is 11.1. The van der Waals surface area contributed by atoms with Crippen LogP contribution in [-0.2, 0) is 20.9 Å². The highest BCUT2D eigenvalue weighted by atomic mass is 35.6. The molecule has 1 aliphatic carbocycles. The van der Waals surface area contributed by atoms with Gasteiger partial charge in [0.1, 0.15) is 0 Å². The molecule has 3 aliphatic rings. The van der Waals surface area contributed by atoms with Crippen molar-refractivity contribution in [3.05, 3.63) is 65.2 Å². The van der Waals surface area contributed by atoms with Crippen molar-refractivity contribution in [2.75, 3.05) is 18.4 Å². The molecule has 2 saturated heterocycles. The van der Waals surface area contributed by atoms with Gasteiger partial charge in [-0.2, -0.15) is 0 Å². The van der Waals surface area contributed by atoms with Crippen LogP contribution in [0.3, 0.4) is 0 Å². The van der Waals surface area contributed by atoms with Crippen molar-refractivity contribution < 1.29 is 19.4 Å². The summed E-state index contributed by atoms with van der Waals surface area (Å²) in [4.78, 5) is 14.9. The number of carbonyl (C=O) groups is 1. The van der Waals surface area contributed by atoms with Gasteiger partial charge in [0, 0.05) is 36.8 Å². The van der Waals surface area contributed by atoms with Crippen molar-refractivity contribution >= 4 is 46.4 Å². The number of likely N-dealkylation sites (tertiary alicyclic amines) is 1. The molecular formula is C30H37Cl3N2O4. The average Bonchev–Trinajstić information content (AvgIpc) is 3.10. The number of anilines is 1. The van der Waals surface area contributed by atoms with Crippen LogP contribution in [0.5, 0.6) is 0 Å². The maximum absolute atomic E-state index is 12.2. The van der Waals surface area contributed by atoms with Crippen LogP contribution >= 0.6 is 34.8 Å². The molecule has 2 bridgehead atoms. The maximum atomic E-state index is 12.2. The minimum Gasteiger partial charge on any atom is -0.392 e. The Morgan fingerprint density at radius 1 is 1.08 bits per heavy atom. The number of benzene rings is 2. The number of alkyl halides is 3. The Kier molecular flexibility index (Phi) is 8.31. The van der Waals surface area contributed by atoms with Crippen LogP contribution in [-0.4, -0.2) is 44.9 Å². The number of rotatable bonds is 6. The first-order valence-electron chi connectivity index (χ1n) is 13.6. The van der Waals surface area contributed by atoms with E-state index in [1.807, 2.05) is 36.4 Å². The molecule has 5 rings (SSSR count). The highest BCUT2D eigenvalue weighted by molar-refractivity contribution is 6.76. The fourth-order valence-corrected chi connectivity index (χ4v) is 7.19. The van der Waals surface area contributed by atoms with Crippen LogP contribution in [0, 0.1) is 10.8 Å². The van der Waals surface area contributed by atoms with Crippen LogP contribution in [0.25, 0.3) is 0 Å². The van der Waals surface area contributed by atoms with E-state index in [9.17, 15) is 9.90 Å². The molecule has 0 aromatic heterocycles. The number of nitrogens with zero attached hydrogens (tertiary/aromatic N) is 1. The van der Waals surface area contributed by atoms with Crippen molar-refractivity contribution in [1.29, 1.82) is 0 Å². The van der Waals surface area contributed by atoms with Gasteiger partial charge in [-0.25, -0.2) is 0 Å². The molecule has 9 heteroatoms. The quantitative estimate of drug-likeness (QED) is 0.354. The number of halogens is 3. The summed E-state index contributed by atoms with van der Waals surface area (Å²) in [6.45, 7) is 9.13. The predicted octanol–water partition coefficient (Wildman–Crippen LogP) is 6.93. The van der Waals surface area contributed by atoms with Gasteiger partial charge in [0.05, 0.1) is 18.8 Å². The van der Waals surface area contributed by atoms with Crippen molar-refractivity contribution in [1.82, 2.24) is 4.90 Å². The average molecular weight is 596 g/mol. The summed E-state index contributed by atoms with van der Waals surface area (Å²) in [5, 5.41) is 12.1. The number of ether oxygens (including phenoxy) is 2. The van der Waals surface area contributed by atoms with E-state index in [0.717, 1.165) is 36.2 Å². The van der Waals surface area contributed by atoms with E-state index < -0.39 is 16.0 Å². The molecule has 2 aromatic carbocycles. The summed E-state index contributed by atoms with van der Waals surface area (Å²) in [6, 6.07) is 15.7. The number of carbonyl (C=O) groups excluding carboxylic acids is 1. The van der Waals surface area contributed by atoms with Crippen LogP contribution in [0.15, 0.2) is 48.5 Å². The van der Waals surface area contributed by atoms with E-state index >= 15 is 0 Å². The molecule has 1 saturated carbocycles. The highest BCUT2D eigenvalue weighted by Gasteiger charge is 2.50. The smallest absolute Gasteiger partial charge is 0.276 e. The van der Waals surface area contributed by atoms with Crippen molar-refractivity contribution in [2.45, 2.75) is 81.4 Å². The van der Waals surface area contributed by atoms with Crippen LogP contribution in [0.1, 0.15) is 75.5 Å². The maximum Gasteiger partial charge on any atom is 0.276 e. The number of hydrogen-bond acceptors (Lipinski definition) is 5. The molecule has 0 spiro atoms. The predicted molar refractivity (Wildman–Crippen MR) is 155 cm³/mol. The number of hydrogen-bond donors (Lipinski definition) is 2. The van der Waals surface area contributed by atoms with Crippen LogP contribution in [0.4, 0.5) is 5.69 Å². The van der Waals surface area contributed by atoms with Crippen LogP contribution < -0.4 is 5.32 Å². The van der Waals surface area contributed by atoms with Gasteiger partial charge in [0.15, 0.2) is 6.29 Å².